The van der Waals surface area contributed by atoms with Crippen molar-refractivity contribution in [3.8, 4) is 11.3 Å². The SMILES string of the molecule is NC(=Nc1ccc2c3c(cccc13)CC2)Nc1ccccc1-c1cc2ccccc2[nH]1. The Morgan fingerprint density at radius 3 is 2.55 bits per heavy atom. The average molecular weight is 403 g/mol. The van der Waals surface area contributed by atoms with Gasteiger partial charge in [-0.2, -0.15) is 0 Å². The maximum atomic E-state index is 6.37. The quantitative estimate of drug-likeness (QED) is 0.250. The number of fused-ring (bicyclic) bond motifs is 1. The summed E-state index contributed by atoms with van der Waals surface area (Å²) < 4.78 is 0. The van der Waals surface area contributed by atoms with Gasteiger partial charge in [0.1, 0.15) is 0 Å². The van der Waals surface area contributed by atoms with E-state index in [1.807, 2.05) is 30.3 Å². The highest BCUT2D eigenvalue weighted by molar-refractivity contribution is 6.03. The van der Waals surface area contributed by atoms with E-state index < -0.39 is 0 Å². The third-order valence-corrected chi connectivity index (χ3v) is 6.10. The Morgan fingerprint density at radius 1 is 0.839 bits per heavy atom. The van der Waals surface area contributed by atoms with Crippen LogP contribution in [0.3, 0.4) is 0 Å². The van der Waals surface area contributed by atoms with E-state index >= 15 is 0 Å². The molecule has 1 aliphatic carbocycles. The molecule has 6 rings (SSSR count). The van der Waals surface area contributed by atoms with Gasteiger partial charge >= 0.3 is 0 Å². The van der Waals surface area contributed by atoms with Gasteiger partial charge in [0, 0.05) is 27.5 Å². The zero-order valence-corrected chi connectivity index (χ0v) is 17.0. The smallest absolute Gasteiger partial charge is 0.198 e. The summed E-state index contributed by atoms with van der Waals surface area (Å²) in [5.41, 5.74) is 14.2. The Kier molecular flexibility index (Phi) is 4.03. The molecule has 31 heavy (non-hydrogen) atoms. The van der Waals surface area contributed by atoms with Crippen molar-refractivity contribution < 1.29 is 0 Å². The predicted octanol–water partition coefficient (Wildman–Crippen LogP) is 6.15. The number of H-pyrrole nitrogens is 1. The van der Waals surface area contributed by atoms with Crippen LogP contribution in [0.25, 0.3) is 32.9 Å². The summed E-state index contributed by atoms with van der Waals surface area (Å²) >= 11 is 0. The number of rotatable bonds is 3. The number of para-hydroxylation sites is 2. The summed E-state index contributed by atoms with van der Waals surface area (Å²) in [7, 11) is 0. The van der Waals surface area contributed by atoms with E-state index in [-0.39, 0.29) is 0 Å². The van der Waals surface area contributed by atoms with E-state index in [9.17, 15) is 0 Å². The van der Waals surface area contributed by atoms with Crippen LogP contribution < -0.4 is 11.1 Å². The molecule has 0 aliphatic heterocycles. The number of aromatic amines is 1. The molecule has 0 fully saturated rings. The van der Waals surface area contributed by atoms with E-state index in [1.54, 1.807) is 0 Å². The van der Waals surface area contributed by atoms with Gasteiger partial charge in [-0.05, 0) is 53.6 Å². The van der Waals surface area contributed by atoms with Gasteiger partial charge in [0.25, 0.3) is 0 Å². The summed E-state index contributed by atoms with van der Waals surface area (Å²) in [5.74, 6) is 0.377. The second-order valence-electron chi connectivity index (χ2n) is 8.02. The average Bonchev–Trinajstić information content (AvgIpc) is 3.41. The molecule has 0 bridgehead atoms. The zero-order chi connectivity index (χ0) is 20.8. The number of hydrogen-bond acceptors (Lipinski definition) is 1. The normalized spacial score (nSPS) is 13.2. The molecule has 4 heteroatoms. The molecule has 0 spiro atoms. The minimum atomic E-state index is 0.377. The topological polar surface area (TPSA) is 66.2 Å². The highest BCUT2D eigenvalue weighted by Gasteiger charge is 2.16. The number of aromatic nitrogens is 1. The molecule has 4 N–H and O–H groups in total. The first-order chi connectivity index (χ1) is 15.3. The van der Waals surface area contributed by atoms with Crippen molar-refractivity contribution in [3.63, 3.8) is 0 Å². The fourth-order valence-corrected chi connectivity index (χ4v) is 4.67. The maximum absolute atomic E-state index is 6.37. The number of nitrogens with zero attached hydrogens (tertiary/aromatic N) is 1. The van der Waals surface area contributed by atoms with Crippen molar-refractivity contribution in [2.45, 2.75) is 12.8 Å². The minimum absolute atomic E-state index is 0.377. The van der Waals surface area contributed by atoms with Crippen LogP contribution in [0.2, 0.25) is 0 Å². The monoisotopic (exact) mass is 402 g/mol. The van der Waals surface area contributed by atoms with Crippen LogP contribution in [0.1, 0.15) is 11.1 Å². The first kappa shape index (κ1) is 17.8. The maximum Gasteiger partial charge on any atom is 0.198 e. The van der Waals surface area contributed by atoms with Gasteiger partial charge in [0.2, 0.25) is 0 Å². The Bertz CT molecular complexity index is 1430. The second kappa shape index (κ2) is 7.03. The molecule has 0 radical (unpaired) electrons. The van der Waals surface area contributed by atoms with Crippen molar-refractivity contribution in [3.05, 3.63) is 96.1 Å². The van der Waals surface area contributed by atoms with Crippen molar-refractivity contribution in [1.29, 1.82) is 0 Å². The number of guanidine groups is 1. The lowest BCUT2D eigenvalue weighted by Gasteiger charge is -2.11. The Morgan fingerprint density at radius 2 is 1.65 bits per heavy atom. The van der Waals surface area contributed by atoms with Gasteiger partial charge in [-0.25, -0.2) is 4.99 Å². The van der Waals surface area contributed by atoms with Crippen molar-refractivity contribution in [1.82, 2.24) is 4.98 Å². The first-order valence-electron chi connectivity index (χ1n) is 10.6. The number of benzene rings is 4. The largest absolute Gasteiger partial charge is 0.369 e. The number of anilines is 1. The standard InChI is InChI=1S/C27H22N4/c28-27(31-24-15-14-18-13-12-17-7-5-9-21(24)26(17)18)30-23-11-4-2-8-20(23)25-16-19-6-1-3-10-22(19)29-25/h1-11,14-16,29H,12-13H2,(H3,28,30,31). The van der Waals surface area contributed by atoms with Crippen LogP contribution in [0.4, 0.5) is 11.4 Å². The minimum Gasteiger partial charge on any atom is -0.369 e. The summed E-state index contributed by atoms with van der Waals surface area (Å²) in [4.78, 5) is 8.24. The van der Waals surface area contributed by atoms with Crippen molar-refractivity contribution in [2.75, 3.05) is 5.32 Å². The molecule has 1 aromatic heterocycles. The van der Waals surface area contributed by atoms with Crippen LogP contribution in [0.15, 0.2) is 89.9 Å². The third-order valence-electron chi connectivity index (χ3n) is 6.10. The summed E-state index contributed by atoms with van der Waals surface area (Å²) in [5, 5.41) is 7.01. The van der Waals surface area contributed by atoms with Crippen LogP contribution in [-0.2, 0) is 12.8 Å². The molecule has 150 valence electrons. The van der Waals surface area contributed by atoms with Gasteiger partial charge in [0.15, 0.2) is 5.96 Å². The molecular formula is C27H22N4. The number of nitrogens with one attached hydrogen (secondary N) is 2. The van der Waals surface area contributed by atoms with Gasteiger partial charge in [-0.1, -0.05) is 60.7 Å². The molecule has 1 heterocycles. The number of aliphatic imine (C=N–C) groups is 1. The molecular weight excluding hydrogens is 380 g/mol. The van der Waals surface area contributed by atoms with Gasteiger partial charge < -0.3 is 16.0 Å². The van der Waals surface area contributed by atoms with E-state index in [0.29, 0.717) is 5.96 Å². The molecule has 0 atom stereocenters. The van der Waals surface area contributed by atoms with E-state index in [2.05, 4.69) is 64.9 Å². The van der Waals surface area contributed by atoms with Gasteiger partial charge in [0.05, 0.1) is 11.4 Å². The molecule has 0 saturated heterocycles. The third kappa shape index (κ3) is 3.04. The van der Waals surface area contributed by atoms with Crippen LogP contribution >= 0.6 is 0 Å². The fourth-order valence-electron chi connectivity index (χ4n) is 4.67. The first-order valence-corrected chi connectivity index (χ1v) is 10.6. The lowest BCUT2D eigenvalue weighted by atomic mass is 10.0. The molecule has 0 saturated carbocycles. The molecule has 0 amide bonds. The van der Waals surface area contributed by atoms with E-state index in [1.165, 1.54) is 27.3 Å². The molecule has 4 aromatic carbocycles. The fraction of sp³-hybridized carbons (Fsp3) is 0.0741. The van der Waals surface area contributed by atoms with Crippen molar-refractivity contribution in [2.24, 2.45) is 10.7 Å². The summed E-state index contributed by atoms with van der Waals surface area (Å²) in [6, 6.07) is 29.3. The molecule has 5 aromatic rings. The highest BCUT2D eigenvalue weighted by Crippen LogP contribution is 2.36. The van der Waals surface area contributed by atoms with E-state index in [0.717, 1.165) is 41.0 Å². The number of hydrogen-bond donors (Lipinski definition) is 3. The Labute approximate surface area is 180 Å². The lowest BCUT2D eigenvalue weighted by Crippen LogP contribution is -2.22. The van der Waals surface area contributed by atoms with Gasteiger partial charge in [-0.3, -0.25) is 0 Å². The predicted molar refractivity (Wildman–Crippen MR) is 130 cm³/mol. The lowest BCUT2D eigenvalue weighted by molar-refractivity contribution is 1.02. The zero-order valence-electron chi connectivity index (χ0n) is 17.0. The number of aryl methyl sites for hydroxylation is 2. The summed E-state index contributed by atoms with van der Waals surface area (Å²) in [6.45, 7) is 0. The molecule has 0 unspecified atom stereocenters. The Balaban J connectivity index is 1.38. The second-order valence-corrected chi connectivity index (χ2v) is 8.02. The van der Waals surface area contributed by atoms with Crippen molar-refractivity contribution >= 4 is 39.0 Å². The van der Waals surface area contributed by atoms with Crippen LogP contribution in [0.5, 0.6) is 0 Å². The van der Waals surface area contributed by atoms with Crippen LogP contribution in [0, 0.1) is 0 Å². The Hall–Kier alpha value is -4.05. The number of nitrogens with two attached hydrogens (primary N) is 1. The van der Waals surface area contributed by atoms with E-state index in [4.69, 9.17) is 10.7 Å². The molecule has 4 nitrogen and oxygen atoms in total. The van der Waals surface area contributed by atoms with Gasteiger partial charge in [-0.15, -0.1) is 0 Å². The highest BCUT2D eigenvalue weighted by atomic mass is 15.1. The summed E-state index contributed by atoms with van der Waals surface area (Å²) in [6.07, 6.45) is 2.21. The van der Waals surface area contributed by atoms with Crippen LogP contribution in [-0.4, -0.2) is 10.9 Å². The molecule has 1 aliphatic rings.